The number of hydrogen-bond donors (Lipinski definition) is 0. The van der Waals surface area contributed by atoms with Crippen LogP contribution in [0.1, 0.15) is 93.4 Å². The fourth-order valence-electron chi connectivity index (χ4n) is 5.62. The summed E-state index contributed by atoms with van der Waals surface area (Å²) >= 11 is 0. The van der Waals surface area contributed by atoms with E-state index in [0.29, 0.717) is 10.9 Å². The van der Waals surface area contributed by atoms with E-state index >= 15 is 4.39 Å². The third-order valence-corrected chi connectivity index (χ3v) is 7.97. The van der Waals surface area contributed by atoms with Crippen LogP contribution in [-0.4, -0.2) is 0 Å². The molecule has 0 aliphatic heterocycles. The molecule has 1 fully saturated rings. The predicted octanol–water partition coefficient (Wildman–Crippen LogP) is 9.82. The molecular weight excluding hydrogens is 439 g/mol. The third kappa shape index (κ3) is 7.33. The third-order valence-electron chi connectivity index (χ3n) is 7.97. The number of fused-ring (bicyclic) bond motifs is 1. The standard InChI is InChI=1S/C35H41F/c1-3-5-7-9-28-12-14-29(15-13-28)18-19-31-21-25-34-33(26-31)24-23-32(35(34)36)22-20-30-16-10-27(11-17-30)8-6-4-2/h4,10-11,16-17,21,23-26,28-29H,2-3,5-9,12-15,18-19H2,1H3. The quantitative estimate of drug-likeness (QED) is 0.154. The van der Waals surface area contributed by atoms with Crippen molar-refractivity contribution in [3.05, 3.63) is 95.3 Å². The molecule has 0 bridgehead atoms. The Morgan fingerprint density at radius 3 is 2.28 bits per heavy atom. The molecule has 1 saturated carbocycles. The Bertz CT molecular complexity index is 1180. The van der Waals surface area contributed by atoms with Crippen LogP contribution in [0, 0.1) is 29.5 Å². The first-order chi connectivity index (χ1) is 17.7. The van der Waals surface area contributed by atoms with Crippen LogP contribution in [0.2, 0.25) is 0 Å². The number of aryl methyl sites for hydroxylation is 2. The average Bonchev–Trinajstić information content (AvgIpc) is 2.92. The normalized spacial score (nSPS) is 17.5. The fourth-order valence-corrected chi connectivity index (χ4v) is 5.62. The van der Waals surface area contributed by atoms with Crippen LogP contribution in [0.5, 0.6) is 0 Å². The maximum atomic E-state index is 15.2. The van der Waals surface area contributed by atoms with Crippen molar-refractivity contribution in [3.63, 3.8) is 0 Å². The largest absolute Gasteiger partial charge is 0.205 e. The maximum Gasteiger partial charge on any atom is 0.146 e. The van der Waals surface area contributed by atoms with E-state index in [9.17, 15) is 0 Å². The average molecular weight is 481 g/mol. The Labute approximate surface area is 218 Å². The van der Waals surface area contributed by atoms with Crippen molar-refractivity contribution in [3.8, 4) is 11.8 Å². The summed E-state index contributed by atoms with van der Waals surface area (Å²) in [7, 11) is 0. The smallest absolute Gasteiger partial charge is 0.146 e. The Balaban J connectivity index is 1.34. The molecule has 0 N–H and O–H groups in total. The van der Waals surface area contributed by atoms with Gasteiger partial charge in [-0.2, -0.15) is 0 Å². The lowest BCUT2D eigenvalue weighted by molar-refractivity contribution is 0.249. The molecule has 4 rings (SSSR count). The minimum atomic E-state index is -0.212. The molecule has 0 unspecified atom stereocenters. The number of allylic oxidation sites excluding steroid dienone is 1. The molecule has 1 aliphatic carbocycles. The van der Waals surface area contributed by atoms with E-state index in [1.54, 1.807) is 0 Å². The second kappa shape index (κ2) is 13.5. The molecule has 0 heterocycles. The van der Waals surface area contributed by atoms with Gasteiger partial charge in [0.25, 0.3) is 0 Å². The van der Waals surface area contributed by atoms with Crippen molar-refractivity contribution in [2.24, 2.45) is 11.8 Å². The van der Waals surface area contributed by atoms with Gasteiger partial charge in [0.1, 0.15) is 5.82 Å². The van der Waals surface area contributed by atoms with E-state index in [2.05, 4.69) is 49.6 Å². The summed E-state index contributed by atoms with van der Waals surface area (Å²) in [4.78, 5) is 0. The molecule has 3 aromatic rings. The minimum Gasteiger partial charge on any atom is -0.205 e. The SMILES string of the molecule is C=CCCc1ccc(C#Cc2ccc3cc(CCC4CCC(CCCCC)CC4)ccc3c2F)cc1. The summed E-state index contributed by atoms with van der Waals surface area (Å²) in [5.74, 6) is 7.78. The van der Waals surface area contributed by atoms with Gasteiger partial charge in [-0.05, 0) is 72.2 Å². The van der Waals surface area contributed by atoms with Crippen molar-refractivity contribution in [2.75, 3.05) is 0 Å². The second-order valence-corrected chi connectivity index (χ2v) is 10.7. The number of benzene rings is 3. The molecule has 36 heavy (non-hydrogen) atoms. The monoisotopic (exact) mass is 480 g/mol. The Morgan fingerprint density at radius 1 is 0.833 bits per heavy atom. The van der Waals surface area contributed by atoms with Gasteiger partial charge < -0.3 is 0 Å². The second-order valence-electron chi connectivity index (χ2n) is 10.7. The van der Waals surface area contributed by atoms with Gasteiger partial charge >= 0.3 is 0 Å². The highest BCUT2D eigenvalue weighted by molar-refractivity contribution is 5.85. The fraction of sp³-hybridized carbons (Fsp3) is 0.429. The first-order valence-corrected chi connectivity index (χ1v) is 14.1. The number of hydrogen-bond acceptors (Lipinski definition) is 0. The zero-order valence-electron chi connectivity index (χ0n) is 22.0. The van der Waals surface area contributed by atoms with Gasteiger partial charge in [-0.3, -0.25) is 0 Å². The zero-order valence-corrected chi connectivity index (χ0v) is 22.0. The van der Waals surface area contributed by atoms with Crippen LogP contribution >= 0.6 is 0 Å². The van der Waals surface area contributed by atoms with E-state index in [4.69, 9.17) is 0 Å². The predicted molar refractivity (Wildman–Crippen MR) is 153 cm³/mol. The maximum absolute atomic E-state index is 15.2. The highest BCUT2D eigenvalue weighted by Gasteiger charge is 2.20. The molecule has 0 amide bonds. The lowest BCUT2D eigenvalue weighted by Crippen LogP contribution is -2.15. The molecular formula is C35H41F. The van der Waals surface area contributed by atoms with Crippen LogP contribution < -0.4 is 0 Å². The van der Waals surface area contributed by atoms with Crippen molar-refractivity contribution >= 4 is 10.8 Å². The summed E-state index contributed by atoms with van der Waals surface area (Å²) in [6, 6.07) is 18.3. The summed E-state index contributed by atoms with van der Waals surface area (Å²) < 4.78 is 15.2. The van der Waals surface area contributed by atoms with Crippen molar-refractivity contribution < 1.29 is 4.39 Å². The zero-order chi connectivity index (χ0) is 25.2. The number of unbranched alkanes of at least 4 members (excludes halogenated alkanes) is 2. The van der Waals surface area contributed by atoms with E-state index in [0.717, 1.165) is 42.0 Å². The van der Waals surface area contributed by atoms with Crippen molar-refractivity contribution in [1.29, 1.82) is 0 Å². The van der Waals surface area contributed by atoms with E-state index in [-0.39, 0.29) is 5.82 Å². The van der Waals surface area contributed by atoms with Crippen molar-refractivity contribution in [1.82, 2.24) is 0 Å². The van der Waals surface area contributed by atoms with E-state index in [1.165, 1.54) is 68.9 Å². The molecule has 0 atom stereocenters. The van der Waals surface area contributed by atoms with E-state index < -0.39 is 0 Å². The number of rotatable bonds is 10. The van der Waals surface area contributed by atoms with Gasteiger partial charge in [0.15, 0.2) is 0 Å². The Morgan fingerprint density at radius 2 is 1.56 bits per heavy atom. The van der Waals surface area contributed by atoms with Crippen LogP contribution in [0.25, 0.3) is 10.8 Å². The lowest BCUT2D eigenvalue weighted by atomic mass is 9.77. The van der Waals surface area contributed by atoms with Gasteiger partial charge in [-0.1, -0.05) is 113 Å². The highest BCUT2D eigenvalue weighted by atomic mass is 19.1. The van der Waals surface area contributed by atoms with Crippen LogP contribution in [0.4, 0.5) is 4.39 Å². The highest BCUT2D eigenvalue weighted by Crippen LogP contribution is 2.34. The molecule has 0 spiro atoms. The first-order valence-electron chi connectivity index (χ1n) is 14.1. The summed E-state index contributed by atoms with van der Waals surface area (Å²) in [6.45, 7) is 6.06. The molecule has 1 heteroatoms. The minimum absolute atomic E-state index is 0.212. The van der Waals surface area contributed by atoms with Gasteiger partial charge in [-0.15, -0.1) is 6.58 Å². The molecule has 0 saturated heterocycles. The molecule has 0 radical (unpaired) electrons. The van der Waals surface area contributed by atoms with Crippen LogP contribution in [0.3, 0.4) is 0 Å². The first kappa shape index (κ1) is 26.2. The van der Waals surface area contributed by atoms with Crippen molar-refractivity contribution in [2.45, 2.75) is 84.0 Å². The van der Waals surface area contributed by atoms with Gasteiger partial charge in [0.2, 0.25) is 0 Å². The molecule has 0 aromatic heterocycles. The lowest BCUT2D eigenvalue weighted by Gasteiger charge is -2.28. The molecule has 3 aromatic carbocycles. The molecule has 1 aliphatic rings. The Hall–Kier alpha value is -2.85. The summed E-state index contributed by atoms with van der Waals surface area (Å²) in [6.07, 6.45) is 17.4. The van der Waals surface area contributed by atoms with Gasteiger partial charge in [-0.25, -0.2) is 4.39 Å². The summed E-state index contributed by atoms with van der Waals surface area (Å²) in [5.41, 5.74) is 3.95. The van der Waals surface area contributed by atoms with Crippen LogP contribution in [-0.2, 0) is 12.8 Å². The topological polar surface area (TPSA) is 0 Å². The molecule has 0 nitrogen and oxygen atoms in total. The number of halogens is 1. The summed E-state index contributed by atoms with van der Waals surface area (Å²) in [5, 5.41) is 1.64. The van der Waals surface area contributed by atoms with Crippen LogP contribution in [0.15, 0.2) is 67.3 Å². The van der Waals surface area contributed by atoms with Gasteiger partial charge in [0, 0.05) is 10.9 Å². The van der Waals surface area contributed by atoms with Gasteiger partial charge in [0.05, 0.1) is 5.56 Å². The molecule has 188 valence electrons. The van der Waals surface area contributed by atoms with E-state index in [1.807, 2.05) is 36.4 Å². The Kier molecular flexibility index (Phi) is 9.80.